The first kappa shape index (κ1) is 17.5. The van der Waals surface area contributed by atoms with Gasteiger partial charge in [-0.2, -0.15) is 0 Å². The Hall–Kier alpha value is -1.56. The Labute approximate surface area is 133 Å². The van der Waals surface area contributed by atoms with Crippen LogP contribution in [0.4, 0.5) is 0 Å². The number of aliphatic carboxylic acids is 1. The summed E-state index contributed by atoms with van der Waals surface area (Å²) in [5.41, 5.74) is 1.12. The lowest BCUT2D eigenvalue weighted by molar-refractivity contribution is -0.142. The molecule has 1 rings (SSSR count). The molecular weight excluding hydrogens is 338 g/mol. The summed E-state index contributed by atoms with van der Waals surface area (Å²) < 4.78 is 6.40. The number of carboxylic acid groups (broad SMARTS) is 1. The van der Waals surface area contributed by atoms with E-state index in [1.54, 1.807) is 14.0 Å². The summed E-state index contributed by atoms with van der Waals surface area (Å²) in [6.45, 7) is 4.01. The zero-order chi connectivity index (χ0) is 16.0. The van der Waals surface area contributed by atoms with Crippen molar-refractivity contribution in [3.63, 3.8) is 0 Å². The Morgan fingerprint density at radius 3 is 2.67 bits per heavy atom. The van der Waals surface area contributed by atoms with E-state index in [2.05, 4.69) is 15.9 Å². The molecule has 0 radical (unpaired) electrons. The number of carbonyl (C=O) groups excluding carboxylic acids is 1. The molecule has 0 aliphatic heterocycles. The van der Waals surface area contributed by atoms with Gasteiger partial charge in [0.15, 0.2) is 0 Å². The first-order valence-electron chi connectivity index (χ1n) is 6.67. The monoisotopic (exact) mass is 357 g/mol. The van der Waals surface area contributed by atoms with Crippen molar-refractivity contribution in [3.8, 4) is 5.75 Å². The highest BCUT2D eigenvalue weighted by molar-refractivity contribution is 9.10. The van der Waals surface area contributed by atoms with Gasteiger partial charge in [0.2, 0.25) is 5.91 Å². The van der Waals surface area contributed by atoms with Crippen LogP contribution >= 0.6 is 15.9 Å². The van der Waals surface area contributed by atoms with E-state index < -0.39 is 11.9 Å². The van der Waals surface area contributed by atoms with Crippen LogP contribution in [0.1, 0.15) is 18.9 Å². The van der Waals surface area contributed by atoms with E-state index in [9.17, 15) is 9.59 Å². The van der Waals surface area contributed by atoms with Crippen LogP contribution in [0.15, 0.2) is 22.7 Å². The Morgan fingerprint density at radius 2 is 2.10 bits per heavy atom. The second-order valence-electron chi connectivity index (χ2n) is 5.05. The fourth-order valence-corrected chi connectivity index (χ4v) is 2.36. The molecule has 6 heteroatoms. The van der Waals surface area contributed by atoms with Gasteiger partial charge >= 0.3 is 5.97 Å². The normalized spacial score (nSPS) is 11.8. The van der Waals surface area contributed by atoms with Gasteiger partial charge in [0.1, 0.15) is 5.75 Å². The average molecular weight is 358 g/mol. The number of hydrogen-bond donors (Lipinski definition) is 1. The van der Waals surface area contributed by atoms with E-state index >= 15 is 0 Å². The third-order valence-corrected chi connectivity index (χ3v) is 3.68. The van der Waals surface area contributed by atoms with Gasteiger partial charge in [-0.25, -0.2) is 0 Å². The third-order valence-electron chi connectivity index (χ3n) is 3.06. The molecule has 0 saturated carbocycles. The topological polar surface area (TPSA) is 66.8 Å². The van der Waals surface area contributed by atoms with Crippen molar-refractivity contribution < 1.29 is 19.4 Å². The maximum Gasteiger partial charge on any atom is 0.308 e. The molecule has 0 aliphatic carbocycles. The van der Waals surface area contributed by atoms with Gasteiger partial charge in [0, 0.05) is 13.6 Å². The van der Waals surface area contributed by atoms with E-state index in [-0.39, 0.29) is 25.5 Å². The van der Waals surface area contributed by atoms with Gasteiger partial charge in [-0.15, -0.1) is 0 Å². The second-order valence-corrected chi connectivity index (χ2v) is 5.90. The minimum absolute atomic E-state index is 0.133. The molecule has 21 heavy (non-hydrogen) atoms. The molecule has 0 aliphatic rings. The van der Waals surface area contributed by atoms with Crippen LogP contribution in [-0.4, -0.2) is 42.1 Å². The molecule has 5 nitrogen and oxygen atoms in total. The zero-order valence-electron chi connectivity index (χ0n) is 12.4. The molecule has 1 N–H and O–H groups in total. The highest BCUT2D eigenvalue weighted by Gasteiger charge is 2.17. The number of carboxylic acids is 1. The van der Waals surface area contributed by atoms with E-state index in [1.165, 1.54) is 4.90 Å². The largest absolute Gasteiger partial charge is 0.492 e. The predicted molar refractivity (Wildman–Crippen MR) is 83.4 cm³/mol. The van der Waals surface area contributed by atoms with Gasteiger partial charge in [0.05, 0.1) is 23.4 Å². The number of benzene rings is 1. The number of nitrogens with zero attached hydrogens (tertiary/aromatic N) is 1. The van der Waals surface area contributed by atoms with Crippen LogP contribution in [0.3, 0.4) is 0 Å². The molecule has 1 amide bonds. The lowest BCUT2D eigenvalue weighted by atomic mass is 10.2. The van der Waals surface area contributed by atoms with Crippen molar-refractivity contribution in [2.24, 2.45) is 5.92 Å². The summed E-state index contributed by atoms with van der Waals surface area (Å²) in [4.78, 5) is 24.0. The number of amides is 1. The average Bonchev–Trinajstić information content (AvgIpc) is 2.40. The maximum absolute atomic E-state index is 11.9. The van der Waals surface area contributed by atoms with E-state index in [1.807, 2.05) is 25.1 Å². The Balaban J connectivity index is 2.41. The number of hydrogen-bond acceptors (Lipinski definition) is 3. The fourth-order valence-electron chi connectivity index (χ4n) is 1.75. The Kier molecular flexibility index (Phi) is 6.68. The molecule has 0 heterocycles. The number of rotatable bonds is 7. The molecule has 0 aromatic heterocycles. The summed E-state index contributed by atoms with van der Waals surface area (Å²) in [5.74, 6) is -0.929. The van der Waals surface area contributed by atoms with Gasteiger partial charge < -0.3 is 14.7 Å². The van der Waals surface area contributed by atoms with Crippen molar-refractivity contribution >= 4 is 27.8 Å². The van der Waals surface area contributed by atoms with E-state index in [4.69, 9.17) is 9.84 Å². The summed E-state index contributed by atoms with van der Waals surface area (Å²) in [5, 5.41) is 8.82. The Bertz CT molecular complexity index is 518. The molecule has 1 aromatic carbocycles. The molecule has 0 saturated heterocycles. The number of ether oxygens (including phenoxy) is 1. The van der Waals surface area contributed by atoms with Crippen molar-refractivity contribution in [1.29, 1.82) is 0 Å². The van der Waals surface area contributed by atoms with Crippen LogP contribution in [-0.2, 0) is 9.59 Å². The molecule has 1 atom stereocenters. The molecule has 0 fully saturated rings. The quantitative estimate of drug-likeness (QED) is 0.814. The minimum Gasteiger partial charge on any atom is -0.492 e. The fraction of sp³-hybridized carbons (Fsp3) is 0.467. The summed E-state index contributed by atoms with van der Waals surface area (Å²) in [6, 6.07) is 5.72. The van der Waals surface area contributed by atoms with Gasteiger partial charge in [0.25, 0.3) is 0 Å². The van der Waals surface area contributed by atoms with Crippen LogP contribution < -0.4 is 4.74 Å². The van der Waals surface area contributed by atoms with Gasteiger partial charge in [-0.05, 0) is 40.5 Å². The summed E-state index contributed by atoms with van der Waals surface area (Å²) >= 11 is 3.41. The molecule has 116 valence electrons. The molecule has 1 unspecified atom stereocenters. The second kappa shape index (κ2) is 8.02. The lowest BCUT2D eigenvalue weighted by Crippen LogP contribution is -2.34. The Morgan fingerprint density at radius 1 is 1.43 bits per heavy atom. The first-order valence-corrected chi connectivity index (χ1v) is 7.46. The lowest BCUT2D eigenvalue weighted by Gasteiger charge is -2.19. The van der Waals surface area contributed by atoms with E-state index in [0.29, 0.717) is 5.75 Å². The van der Waals surface area contributed by atoms with E-state index in [0.717, 1.165) is 10.0 Å². The van der Waals surface area contributed by atoms with Crippen LogP contribution in [0, 0.1) is 12.8 Å². The van der Waals surface area contributed by atoms with Crippen molar-refractivity contribution in [2.75, 3.05) is 20.2 Å². The SMILES string of the molecule is Cc1ccc(OCCC(=O)N(C)CC(C)C(=O)O)c(Br)c1. The predicted octanol–water partition coefficient (Wildman–Crippen LogP) is 2.71. The van der Waals surface area contributed by atoms with Gasteiger partial charge in [-0.1, -0.05) is 13.0 Å². The van der Waals surface area contributed by atoms with Crippen molar-refractivity contribution in [3.05, 3.63) is 28.2 Å². The number of halogens is 1. The molecule has 0 spiro atoms. The van der Waals surface area contributed by atoms with Crippen LogP contribution in [0.2, 0.25) is 0 Å². The van der Waals surface area contributed by atoms with Crippen molar-refractivity contribution in [2.45, 2.75) is 20.3 Å². The summed E-state index contributed by atoms with van der Waals surface area (Å²) in [7, 11) is 1.60. The summed E-state index contributed by atoms with van der Waals surface area (Å²) in [6.07, 6.45) is 0.211. The standard InChI is InChI=1S/C15H20BrNO4/c1-10-4-5-13(12(16)8-10)21-7-6-14(18)17(3)9-11(2)15(19)20/h4-5,8,11H,6-7,9H2,1-3H3,(H,19,20). The first-order chi connectivity index (χ1) is 9.81. The highest BCUT2D eigenvalue weighted by atomic mass is 79.9. The maximum atomic E-state index is 11.9. The number of aryl methyl sites for hydroxylation is 1. The van der Waals surface area contributed by atoms with Gasteiger partial charge in [-0.3, -0.25) is 9.59 Å². The molecule has 0 bridgehead atoms. The minimum atomic E-state index is -0.908. The smallest absolute Gasteiger partial charge is 0.308 e. The molecule has 1 aromatic rings. The van der Waals surface area contributed by atoms with Crippen LogP contribution in [0.5, 0.6) is 5.75 Å². The zero-order valence-corrected chi connectivity index (χ0v) is 14.0. The highest BCUT2D eigenvalue weighted by Crippen LogP contribution is 2.25. The third kappa shape index (κ3) is 5.75. The van der Waals surface area contributed by atoms with Crippen LogP contribution in [0.25, 0.3) is 0 Å². The number of carbonyl (C=O) groups is 2. The van der Waals surface area contributed by atoms with Crippen molar-refractivity contribution in [1.82, 2.24) is 4.90 Å². The molecular formula is C15H20BrNO4.